The van der Waals surface area contributed by atoms with Gasteiger partial charge in [0.15, 0.2) is 0 Å². The van der Waals surface area contributed by atoms with Crippen LogP contribution in [-0.2, 0) is 22.4 Å². The lowest BCUT2D eigenvalue weighted by molar-refractivity contribution is -0.141. The van der Waals surface area contributed by atoms with Gasteiger partial charge in [0.1, 0.15) is 22.6 Å². The summed E-state index contributed by atoms with van der Waals surface area (Å²) in [6, 6.07) is 1.98. The van der Waals surface area contributed by atoms with E-state index in [-0.39, 0.29) is 17.0 Å². The van der Waals surface area contributed by atoms with Crippen LogP contribution < -0.4 is 0 Å². The number of fused-ring (bicyclic) bond motifs is 2. The Balaban J connectivity index is 1.61. The zero-order chi connectivity index (χ0) is 13.9. The van der Waals surface area contributed by atoms with E-state index in [1.807, 2.05) is 6.07 Å². The Morgan fingerprint density at radius 1 is 1.50 bits per heavy atom. The lowest BCUT2D eigenvalue weighted by atomic mass is 10.0. The number of aryl methyl sites for hydroxylation is 2. The summed E-state index contributed by atoms with van der Waals surface area (Å²) in [6.07, 6.45) is 4.86. The molecule has 0 unspecified atom stereocenters. The van der Waals surface area contributed by atoms with Crippen molar-refractivity contribution in [2.45, 2.75) is 24.6 Å². The molecule has 6 heteroatoms. The Hall–Kier alpha value is -1.95. The van der Waals surface area contributed by atoms with Gasteiger partial charge in [0, 0.05) is 11.8 Å². The summed E-state index contributed by atoms with van der Waals surface area (Å²) < 4.78 is 5.71. The SMILES string of the molecule is O=C(O)C1=CS[C@@H]2C(=Cc3cc4c(o3)CCC4)C(=O)N12. The first-order chi connectivity index (χ1) is 9.65. The predicted octanol–water partition coefficient (Wildman–Crippen LogP) is 1.99. The number of carbonyl (C=O) groups excluding carboxylic acids is 1. The van der Waals surface area contributed by atoms with E-state index in [2.05, 4.69) is 0 Å². The topological polar surface area (TPSA) is 70.7 Å². The van der Waals surface area contributed by atoms with Crippen molar-refractivity contribution >= 4 is 29.7 Å². The lowest BCUT2D eigenvalue weighted by Crippen LogP contribution is -2.51. The number of thioether (sulfide) groups is 1. The minimum Gasteiger partial charge on any atom is -0.477 e. The molecule has 3 aliphatic rings. The molecule has 102 valence electrons. The standard InChI is InChI=1S/C14H11NO4S/c16-12-9(13-15(12)10(6-20-13)14(17)18)5-8-4-7-2-1-3-11(7)19-8/h4-6,13H,1-3H2,(H,17,18)/t13-/m1/s1. The summed E-state index contributed by atoms with van der Waals surface area (Å²) in [5, 5.41) is 10.3. The number of carbonyl (C=O) groups is 2. The Morgan fingerprint density at radius 3 is 3.10 bits per heavy atom. The van der Waals surface area contributed by atoms with Gasteiger partial charge in [0.2, 0.25) is 0 Å². The molecule has 0 radical (unpaired) electrons. The molecular formula is C14H11NO4S. The highest BCUT2D eigenvalue weighted by molar-refractivity contribution is 8.03. The normalized spacial score (nSPS) is 25.5. The van der Waals surface area contributed by atoms with Crippen LogP contribution >= 0.6 is 11.8 Å². The summed E-state index contributed by atoms with van der Waals surface area (Å²) in [6.45, 7) is 0. The van der Waals surface area contributed by atoms with E-state index in [4.69, 9.17) is 9.52 Å². The third kappa shape index (κ3) is 1.51. The van der Waals surface area contributed by atoms with Crippen molar-refractivity contribution in [3.8, 4) is 0 Å². The molecule has 1 fully saturated rings. The molecule has 0 spiro atoms. The number of hydrogen-bond acceptors (Lipinski definition) is 4. The summed E-state index contributed by atoms with van der Waals surface area (Å²) in [5.74, 6) is 0.403. The fourth-order valence-electron chi connectivity index (χ4n) is 2.84. The Kier molecular flexibility index (Phi) is 2.38. The van der Waals surface area contributed by atoms with Gasteiger partial charge in [0.25, 0.3) is 5.91 Å². The smallest absolute Gasteiger partial charge is 0.353 e. The third-order valence-corrected chi connectivity index (χ3v) is 4.90. The molecule has 1 N–H and O–H groups in total. The minimum absolute atomic E-state index is 0.0593. The average Bonchev–Trinajstić information content (AvgIpc) is 3.07. The molecule has 1 aliphatic carbocycles. The molecule has 1 atom stereocenters. The molecule has 5 nitrogen and oxygen atoms in total. The van der Waals surface area contributed by atoms with E-state index >= 15 is 0 Å². The molecule has 1 aromatic rings. The lowest BCUT2D eigenvalue weighted by Gasteiger charge is -2.36. The molecule has 1 saturated heterocycles. The van der Waals surface area contributed by atoms with Crippen LogP contribution in [0, 0.1) is 0 Å². The Labute approximate surface area is 118 Å². The van der Waals surface area contributed by atoms with Gasteiger partial charge >= 0.3 is 5.97 Å². The van der Waals surface area contributed by atoms with Crippen LogP contribution in [0.4, 0.5) is 0 Å². The molecule has 0 saturated carbocycles. The molecule has 4 rings (SSSR count). The molecular weight excluding hydrogens is 278 g/mol. The number of carboxylic acids is 1. The van der Waals surface area contributed by atoms with E-state index < -0.39 is 5.97 Å². The van der Waals surface area contributed by atoms with Gasteiger partial charge in [-0.05, 0) is 30.5 Å². The number of hydrogen-bond donors (Lipinski definition) is 1. The molecule has 20 heavy (non-hydrogen) atoms. The molecule has 3 heterocycles. The van der Waals surface area contributed by atoms with Gasteiger partial charge in [-0.15, -0.1) is 11.8 Å². The van der Waals surface area contributed by atoms with Crippen molar-refractivity contribution in [1.29, 1.82) is 0 Å². The second-order valence-electron chi connectivity index (χ2n) is 5.02. The van der Waals surface area contributed by atoms with Crippen LogP contribution in [0.25, 0.3) is 6.08 Å². The predicted molar refractivity (Wildman–Crippen MR) is 72.7 cm³/mol. The number of furan rings is 1. The molecule has 0 bridgehead atoms. The molecule has 2 aliphatic heterocycles. The largest absolute Gasteiger partial charge is 0.477 e. The number of carboxylic acid groups (broad SMARTS) is 1. The first kappa shape index (κ1) is 11.8. The highest BCUT2D eigenvalue weighted by Crippen LogP contribution is 2.45. The summed E-state index contributed by atoms with van der Waals surface area (Å²) in [7, 11) is 0. The van der Waals surface area contributed by atoms with Gasteiger partial charge in [-0.3, -0.25) is 9.69 Å². The monoisotopic (exact) mass is 289 g/mol. The van der Waals surface area contributed by atoms with Gasteiger partial charge in [-0.2, -0.15) is 0 Å². The van der Waals surface area contributed by atoms with Gasteiger partial charge in [0.05, 0.1) is 5.57 Å². The van der Waals surface area contributed by atoms with Crippen LogP contribution in [0.5, 0.6) is 0 Å². The summed E-state index contributed by atoms with van der Waals surface area (Å²) >= 11 is 1.34. The highest BCUT2D eigenvalue weighted by atomic mass is 32.2. The number of amides is 1. The Morgan fingerprint density at radius 2 is 2.35 bits per heavy atom. The van der Waals surface area contributed by atoms with Crippen molar-refractivity contribution < 1.29 is 19.1 Å². The van der Waals surface area contributed by atoms with Crippen LogP contribution in [0.15, 0.2) is 27.2 Å². The quantitative estimate of drug-likeness (QED) is 0.666. The first-order valence-electron chi connectivity index (χ1n) is 6.41. The Bertz CT molecular complexity index is 679. The number of rotatable bonds is 2. The molecule has 0 aromatic carbocycles. The van der Waals surface area contributed by atoms with E-state index in [1.165, 1.54) is 27.6 Å². The highest BCUT2D eigenvalue weighted by Gasteiger charge is 2.49. The number of nitrogens with zero attached hydrogens (tertiary/aromatic N) is 1. The first-order valence-corrected chi connectivity index (χ1v) is 7.35. The van der Waals surface area contributed by atoms with Gasteiger partial charge in [-0.1, -0.05) is 0 Å². The zero-order valence-corrected chi connectivity index (χ0v) is 11.3. The second kappa shape index (κ2) is 4.02. The van der Waals surface area contributed by atoms with Crippen LogP contribution in [0.1, 0.15) is 23.5 Å². The van der Waals surface area contributed by atoms with Crippen LogP contribution in [-0.4, -0.2) is 27.3 Å². The van der Waals surface area contributed by atoms with Crippen molar-refractivity contribution in [2.75, 3.05) is 0 Å². The van der Waals surface area contributed by atoms with Crippen LogP contribution in [0.3, 0.4) is 0 Å². The molecule has 1 amide bonds. The third-order valence-electron chi connectivity index (χ3n) is 3.82. The van der Waals surface area contributed by atoms with Gasteiger partial charge in [-0.25, -0.2) is 4.79 Å². The zero-order valence-electron chi connectivity index (χ0n) is 10.5. The number of β-lactam (4-membered cyclic amide) rings is 1. The maximum absolute atomic E-state index is 12.0. The van der Waals surface area contributed by atoms with E-state index in [0.717, 1.165) is 25.0 Å². The van der Waals surface area contributed by atoms with Crippen LogP contribution in [0.2, 0.25) is 0 Å². The van der Waals surface area contributed by atoms with Crippen molar-refractivity contribution in [1.82, 2.24) is 4.90 Å². The fraction of sp³-hybridized carbons (Fsp3) is 0.286. The minimum atomic E-state index is -1.07. The maximum Gasteiger partial charge on any atom is 0.353 e. The summed E-state index contributed by atoms with van der Waals surface area (Å²) in [5.41, 5.74) is 1.89. The average molecular weight is 289 g/mol. The second-order valence-corrected chi connectivity index (χ2v) is 5.98. The maximum atomic E-state index is 12.0. The fourth-order valence-corrected chi connectivity index (χ4v) is 3.96. The van der Waals surface area contributed by atoms with Crippen molar-refractivity contribution in [3.05, 3.63) is 39.8 Å². The van der Waals surface area contributed by atoms with Crippen molar-refractivity contribution in [3.63, 3.8) is 0 Å². The van der Waals surface area contributed by atoms with E-state index in [9.17, 15) is 9.59 Å². The number of aliphatic carboxylic acids is 1. The summed E-state index contributed by atoms with van der Waals surface area (Å²) in [4.78, 5) is 24.3. The van der Waals surface area contributed by atoms with E-state index in [1.54, 1.807) is 6.08 Å². The molecule has 1 aromatic heterocycles. The van der Waals surface area contributed by atoms with Crippen molar-refractivity contribution in [2.24, 2.45) is 0 Å². The van der Waals surface area contributed by atoms with E-state index in [0.29, 0.717) is 11.3 Å². The van der Waals surface area contributed by atoms with Gasteiger partial charge < -0.3 is 9.52 Å².